The zero-order valence-electron chi connectivity index (χ0n) is 15.3. The van der Waals surface area contributed by atoms with Gasteiger partial charge in [0.15, 0.2) is 0 Å². The molecule has 2 amide bonds. The number of amides is 2. The summed E-state index contributed by atoms with van der Waals surface area (Å²) in [5, 5.41) is 5.77. The lowest BCUT2D eigenvalue weighted by molar-refractivity contribution is -0.116. The van der Waals surface area contributed by atoms with E-state index in [1.54, 1.807) is 30.5 Å². The Morgan fingerprint density at radius 2 is 2.00 bits per heavy atom. The Morgan fingerprint density at radius 1 is 1.22 bits per heavy atom. The van der Waals surface area contributed by atoms with Crippen molar-refractivity contribution in [1.82, 2.24) is 15.6 Å². The number of aromatic nitrogens is 1. The van der Waals surface area contributed by atoms with E-state index in [0.29, 0.717) is 30.6 Å². The fraction of sp³-hybridized carbons (Fsp3) is 0.286. The molecular formula is C21H23N3O3. The zero-order valence-corrected chi connectivity index (χ0v) is 15.3. The predicted octanol–water partition coefficient (Wildman–Crippen LogP) is 2.70. The number of ether oxygens (including phenoxy) is 1. The van der Waals surface area contributed by atoms with Crippen molar-refractivity contribution in [3.8, 4) is 5.88 Å². The largest absolute Gasteiger partial charge is 0.478 e. The highest BCUT2D eigenvalue weighted by molar-refractivity contribution is 5.95. The Balaban J connectivity index is 1.51. The van der Waals surface area contributed by atoms with E-state index >= 15 is 0 Å². The summed E-state index contributed by atoms with van der Waals surface area (Å²) >= 11 is 0. The van der Waals surface area contributed by atoms with Gasteiger partial charge in [0.1, 0.15) is 0 Å². The van der Waals surface area contributed by atoms with Crippen molar-refractivity contribution in [3.05, 3.63) is 65.4 Å². The van der Waals surface area contributed by atoms with Crippen LogP contribution in [0.2, 0.25) is 0 Å². The Labute approximate surface area is 158 Å². The standard InChI is InChI=1S/C21H23N3O3/c1-2-27-21-17(4-3-13-22-21)14-23-19(25)12-7-15-5-8-16(9-6-15)20(26)24-18-10-11-18/h3-9,12-13,18H,2,10-11,14H2,1H3,(H,23,25)(H,24,26)/b12-7+. The Hall–Kier alpha value is -3.15. The van der Waals surface area contributed by atoms with Gasteiger partial charge in [-0.05, 0) is 49.6 Å². The van der Waals surface area contributed by atoms with Crippen molar-refractivity contribution in [1.29, 1.82) is 0 Å². The van der Waals surface area contributed by atoms with E-state index in [-0.39, 0.29) is 11.8 Å². The fourth-order valence-electron chi connectivity index (χ4n) is 2.48. The number of carbonyl (C=O) groups is 2. The molecule has 3 rings (SSSR count). The fourth-order valence-corrected chi connectivity index (χ4v) is 2.48. The molecule has 1 aliphatic carbocycles. The van der Waals surface area contributed by atoms with Crippen LogP contribution in [0.4, 0.5) is 0 Å². The molecule has 6 nitrogen and oxygen atoms in total. The molecule has 6 heteroatoms. The maximum Gasteiger partial charge on any atom is 0.251 e. The van der Waals surface area contributed by atoms with Gasteiger partial charge in [0.25, 0.3) is 5.91 Å². The molecule has 1 heterocycles. The number of benzene rings is 1. The summed E-state index contributed by atoms with van der Waals surface area (Å²) in [5.41, 5.74) is 2.31. The summed E-state index contributed by atoms with van der Waals surface area (Å²) in [6.07, 6.45) is 6.96. The number of pyridine rings is 1. The van der Waals surface area contributed by atoms with Gasteiger partial charge in [-0.25, -0.2) is 4.98 Å². The second-order valence-corrected chi connectivity index (χ2v) is 6.32. The molecule has 0 radical (unpaired) electrons. The van der Waals surface area contributed by atoms with Crippen molar-refractivity contribution in [2.24, 2.45) is 0 Å². The molecule has 0 bridgehead atoms. The van der Waals surface area contributed by atoms with Gasteiger partial charge in [0.05, 0.1) is 6.61 Å². The Kier molecular flexibility index (Phi) is 6.20. The van der Waals surface area contributed by atoms with E-state index in [1.807, 2.05) is 25.1 Å². The minimum absolute atomic E-state index is 0.0488. The minimum atomic E-state index is -0.211. The van der Waals surface area contributed by atoms with E-state index in [9.17, 15) is 9.59 Å². The topological polar surface area (TPSA) is 80.3 Å². The third kappa shape index (κ3) is 5.67. The number of carbonyl (C=O) groups excluding carboxylic acids is 2. The highest BCUT2D eigenvalue weighted by atomic mass is 16.5. The molecule has 140 valence electrons. The monoisotopic (exact) mass is 365 g/mol. The lowest BCUT2D eigenvalue weighted by atomic mass is 10.1. The summed E-state index contributed by atoms with van der Waals surface area (Å²) in [4.78, 5) is 28.2. The van der Waals surface area contributed by atoms with Crippen LogP contribution >= 0.6 is 0 Å². The second kappa shape index (κ2) is 8.98. The van der Waals surface area contributed by atoms with E-state index in [0.717, 1.165) is 24.0 Å². The van der Waals surface area contributed by atoms with Gasteiger partial charge in [0, 0.05) is 36.0 Å². The maximum absolute atomic E-state index is 12.0. The summed E-state index contributed by atoms with van der Waals surface area (Å²) in [6.45, 7) is 2.75. The average molecular weight is 365 g/mol. The molecule has 0 saturated heterocycles. The third-order valence-electron chi connectivity index (χ3n) is 4.10. The summed E-state index contributed by atoms with van der Waals surface area (Å²) in [7, 11) is 0. The molecule has 0 spiro atoms. The molecule has 1 aromatic heterocycles. The van der Waals surface area contributed by atoms with Crippen LogP contribution in [0.15, 0.2) is 48.7 Å². The van der Waals surface area contributed by atoms with Gasteiger partial charge in [-0.1, -0.05) is 18.2 Å². The van der Waals surface area contributed by atoms with Crippen LogP contribution in [0.3, 0.4) is 0 Å². The summed E-state index contributed by atoms with van der Waals surface area (Å²) in [6, 6.07) is 11.2. The van der Waals surface area contributed by atoms with Gasteiger partial charge >= 0.3 is 0 Å². The molecule has 1 fully saturated rings. The molecule has 2 N–H and O–H groups in total. The highest BCUT2D eigenvalue weighted by Gasteiger charge is 2.23. The third-order valence-corrected chi connectivity index (χ3v) is 4.10. The molecule has 1 aliphatic rings. The van der Waals surface area contributed by atoms with Crippen molar-refractivity contribution < 1.29 is 14.3 Å². The quantitative estimate of drug-likeness (QED) is 0.705. The van der Waals surface area contributed by atoms with Gasteiger partial charge < -0.3 is 15.4 Å². The van der Waals surface area contributed by atoms with Gasteiger partial charge in [0.2, 0.25) is 11.8 Å². The average Bonchev–Trinajstić information content (AvgIpc) is 3.50. The van der Waals surface area contributed by atoms with Crippen molar-refractivity contribution >= 4 is 17.9 Å². The molecule has 1 saturated carbocycles. The Bertz CT molecular complexity index is 827. The van der Waals surface area contributed by atoms with Gasteiger partial charge in [-0.15, -0.1) is 0 Å². The first-order valence-corrected chi connectivity index (χ1v) is 9.09. The van der Waals surface area contributed by atoms with Crippen LogP contribution in [0.25, 0.3) is 6.08 Å². The summed E-state index contributed by atoms with van der Waals surface area (Å²) < 4.78 is 5.44. The minimum Gasteiger partial charge on any atom is -0.478 e. The first-order valence-electron chi connectivity index (χ1n) is 9.09. The molecule has 27 heavy (non-hydrogen) atoms. The number of hydrogen-bond acceptors (Lipinski definition) is 4. The number of nitrogens with one attached hydrogen (secondary N) is 2. The van der Waals surface area contributed by atoms with Crippen LogP contribution in [0, 0.1) is 0 Å². The molecular weight excluding hydrogens is 342 g/mol. The molecule has 0 aliphatic heterocycles. The van der Waals surface area contributed by atoms with Gasteiger partial charge in [-0.2, -0.15) is 0 Å². The Morgan fingerprint density at radius 3 is 2.70 bits per heavy atom. The lowest BCUT2D eigenvalue weighted by Crippen LogP contribution is -2.25. The van der Waals surface area contributed by atoms with Gasteiger partial charge in [-0.3, -0.25) is 9.59 Å². The van der Waals surface area contributed by atoms with E-state index in [2.05, 4.69) is 15.6 Å². The van der Waals surface area contributed by atoms with Crippen molar-refractivity contribution in [2.45, 2.75) is 32.4 Å². The van der Waals surface area contributed by atoms with Crippen LogP contribution in [-0.4, -0.2) is 29.4 Å². The van der Waals surface area contributed by atoms with E-state index in [4.69, 9.17) is 4.74 Å². The summed E-state index contributed by atoms with van der Waals surface area (Å²) in [5.74, 6) is 0.272. The van der Waals surface area contributed by atoms with Crippen molar-refractivity contribution in [2.75, 3.05) is 6.61 Å². The first-order chi connectivity index (χ1) is 13.2. The molecule has 0 atom stereocenters. The first kappa shape index (κ1) is 18.6. The van der Waals surface area contributed by atoms with Crippen LogP contribution in [0.5, 0.6) is 5.88 Å². The smallest absolute Gasteiger partial charge is 0.251 e. The number of rotatable bonds is 8. The lowest BCUT2D eigenvalue weighted by Gasteiger charge is -2.08. The second-order valence-electron chi connectivity index (χ2n) is 6.32. The van der Waals surface area contributed by atoms with Crippen LogP contribution in [-0.2, 0) is 11.3 Å². The highest BCUT2D eigenvalue weighted by Crippen LogP contribution is 2.19. The maximum atomic E-state index is 12.0. The van der Waals surface area contributed by atoms with Crippen LogP contribution in [0.1, 0.15) is 41.3 Å². The SMILES string of the molecule is CCOc1ncccc1CNC(=O)/C=C/c1ccc(C(=O)NC2CC2)cc1. The van der Waals surface area contributed by atoms with E-state index < -0.39 is 0 Å². The molecule has 1 aromatic carbocycles. The molecule has 0 unspecified atom stereocenters. The molecule has 2 aromatic rings. The van der Waals surface area contributed by atoms with Crippen LogP contribution < -0.4 is 15.4 Å². The normalized spacial score (nSPS) is 13.4. The van der Waals surface area contributed by atoms with Crippen molar-refractivity contribution in [3.63, 3.8) is 0 Å². The predicted molar refractivity (Wildman–Crippen MR) is 103 cm³/mol. The number of hydrogen-bond donors (Lipinski definition) is 2. The van der Waals surface area contributed by atoms with E-state index in [1.165, 1.54) is 6.08 Å². The zero-order chi connectivity index (χ0) is 19.1. The number of nitrogens with zero attached hydrogens (tertiary/aromatic N) is 1.